The maximum absolute atomic E-state index is 9.99. The zero-order valence-electron chi connectivity index (χ0n) is 10.5. The van der Waals surface area contributed by atoms with E-state index < -0.39 is 0 Å². The average molecular weight is 298 g/mol. The highest BCUT2D eigenvalue weighted by molar-refractivity contribution is 9.10. The van der Waals surface area contributed by atoms with E-state index in [0.29, 0.717) is 0 Å². The molecular weight excluding hydrogens is 278 g/mol. The molecule has 3 heteroatoms. The number of anilines is 1. The first-order chi connectivity index (χ1) is 8.08. The van der Waals surface area contributed by atoms with Gasteiger partial charge in [0.25, 0.3) is 0 Å². The molecule has 2 rings (SSSR count). The Balaban J connectivity index is 2.17. The van der Waals surface area contributed by atoms with Crippen LogP contribution in [-0.4, -0.2) is 17.3 Å². The third kappa shape index (κ3) is 3.02. The van der Waals surface area contributed by atoms with Crippen molar-refractivity contribution in [2.45, 2.75) is 51.7 Å². The predicted octanol–water partition coefficient (Wildman–Crippen LogP) is 3.78. The first-order valence-corrected chi connectivity index (χ1v) is 7.08. The van der Waals surface area contributed by atoms with Crippen LogP contribution in [0.1, 0.15) is 36.8 Å². The van der Waals surface area contributed by atoms with Crippen molar-refractivity contribution in [2.75, 3.05) is 5.32 Å². The fourth-order valence-electron chi connectivity index (χ4n) is 2.56. The van der Waals surface area contributed by atoms with Gasteiger partial charge in [-0.2, -0.15) is 0 Å². The minimum absolute atomic E-state index is 0.196. The van der Waals surface area contributed by atoms with Crippen LogP contribution < -0.4 is 5.32 Å². The Morgan fingerprint density at radius 2 is 1.94 bits per heavy atom. The van der Waals surface area contributed by atoms with Crippen LogP contribution in [0.4, 0.5) is 5.69 Å². The second kappa shape index (κ2) is 5.40. The van der Waals surface area contributed by atoms with Gasteiger partial charge >= 0.3 is 0 Å². The Morgan fingerprint density at radius 1 is 1.24 bits per heavy atom. The summed E-state index contributed by atoms with van der Waals surface area (Å²) in [6.45, 7) is 4.20. The Labute approximate surface area is 112 Å². The lowest BCUT2D eigenvalue weighted by atomic mass is 9.92. The molecular formula is C14H20BrNO. The number of aryl methyl sites for hydroxylation is 2. The minimum Gasteiger partial charge on any atom is -0.391 e. The van der Waals surface area contributed by atoms with Crippen LogP contribution in [0.3, 0.4) is 0 Å². The molecule has 1 aliphatic carbocycles. The number of hydrogen-bond acceptors (Lipinski definition) is 2. The molecule has 0 amide bonds. The Bertz CT molecular complexity index is 382. The van der Waals surface area contributed by atoms with Crippen LogP contribution in [0.15, 0.2) is 16.6 Å². The summed E-state index contributed by atoms with van der Waals surface area (Å²) < 4.78 is 1.09. The summed E-state index contributed by atoms with van der Waals surface area (Å²) in [5.41, 5.74) is 3.61. The van der Waals surface area contributed by atoms with Crippen molar-refractivity contribution < 1.29 is 5.11 Å². The summed E-state index contributed by atoms with van der Waals surface area (Å²) >= 11 is 3.60. The fraction of sp³-hybridized carbons (Fsp3) is 0.571. The number of hydrogen-bond donors (Lipinski definition) is 2. The van der Waals surface area contributed by atoms with Crippen molar-refractivity contribution >= 4 is 21.6 Å². The molecule has 1 aromatic rings. The monoisotopic (exact) mass is 297 g/mol. The second-order valence-corrected chi connectivity index (χ2v) is 5.90. The van der Waals surface area contributed by atoms with E-state index in [9.17, 15) is 5.11 Å². The van der Waals surface area contributed by atoms with E-state index in [-0.39, 0.29) is 12.1 Å². The molecule has 0 heterocycles. The molecule has 2 atom stereocenters. The first kappa shape index (κ1) is 12.9. The molecule has 1 fully saturated rings. The third-order valence-corrected chi connectivity index (χ3v) is 4.12. The number of benzene rings is 1. The molecule has 0 radical (unpaired) electrons. The summed E-state index contributed by atoms with van der Waals surface area (Å²) in [4.78, 5) is 0. The van der Waals surface area contributed by atoms with Gasteiger partial charge in [0.15, 0.2) is 0 Å². The summed E-state index contributed by atoms with van der Waals surface area (Å²) in [7, 11) is 0. The predicted molar refractivity (Wildman–Crippen MR) is 75.5 cm³/mol. The van der Waals surface area contributed by atoms with Gasteiger partial charge < -0.3 is 10.4 Å². The maximum Gasteiger partial charge on any atom is 0.0741 e. The van der Waals surface area contributed by atoms with Crippen molar-refractivity contribution in [3.8, 4) is 0 Å². The SMILES string of the molecule is Cc1cc(C)c(N[C@H]2CCCC[C@@H]2O)c(Br)c1. The van der Waals surface area contributed by atoms with Gasteiger partial charge in [-0.15, -0.1) is 0 Å². The standard InChI is InChI=1S/C14H20BrNO/c1-9-7-10(2)14(11(15)8-9)16-12-5-3-4-6-13(12)17/h7-8,12-13,16-17H,3-6H2,1-2H3/t12-,13-/m0/s1. The zero-order chi connectivity index (χ0) is 12.4. The van der Waals surface area contributed by atoms with Gasteiger partial charge in [-0.3, -0.25) is 0 Å². The summed E-state index contributed by atoms with van der Waals surface area (Å²) in [5, 5.41) is 13.5. The molecule has 0 aliphatic heterocycles. The second-order valence-electron chi connectivity index (χ2n) is 5.04. The number of halogens is 1. The van der Waals surface area contributed by atoms with Gasteiger partial charge in [0, 0.05) is 4.47 Å². The maximum atomic E-state index is 9.99. The molecule has 94 valence electrons. The largest absolute Gasteiger partial charge is 0.391 e. The molecule has 0 aromatic heterocycles. The van der Waals surface area contributed by atoms with Crippen LogP contribution in [0.25, 0.3) is 0 Å². The molecule has 1 saturated carbocycles. The molecule has 0 saturated heterocycles. The Kier molecular flexibility index (Phi) is 4.10. The highest BCUT2D eigenvalue weighted by atomic mass is 79.9. The lowest BCUT2D eigenvalue weighted by Gasteiger charge is -2.30. The lowest BCUT2D eigenvalue weighted by Crippen LogP contribution is -2.36. The summed E-state index contributed by atoms with van der Waals surface area (Å²) in [5.74, 6) is 0. The van der Waals surface area contributed by atoms with Crippen molar-refractivity contribution in [1.82, 2.24) is 0 Å². The summed E-state index contributed by atoms with van der Waals surface area (Å²) in [6, 6.07) is 4.48. The number of rotatable bonds is 2. The fourth-order valence-corrected chi connectivity index (χ4v) is 3.35. The van der Waals surface area contributed by atoms with E-state index in [2.05, 4.69) is 47.2 Å². The molecule has 2 nitrogen and oxygen atoms in total. The van der Waals surface area contributed by atoms with Gasteiger partial charge in [0.1, 0.15) is 0 Å². The molecule has 2 N–H and O–H groups in total. The molecule has 0 bridgehead atoms. The molecule has 0 spiro atoms. The van der Waals surface area contributed by atoms with Crippen molar-refractivity contribution in [2.24, 2.45) is 0 Å². The van der Waals surface area contributed by atoms with Gasteiger partial charge in [-0.05, 0) is 59.8 Å². The normalized spacial score (nSPS) is 24.7. The van der Waals surface area contributed by atoms with Crippen molar-refractivity contribution in [3.63, 3.8) is 0 Å². The van der Waals surface area contributed by atoms with E-state index in [1.54, 1.807) is 0 Å². The van der Waals surface area contributed by atoms with Crippen molar-refractivity contribution in [1.29, 1.82) is 0 Å². The highest BCUT2D eigenvalue weighted by Crippen LogP contribution is 2.31. The van der Waals surface area contributed by atoms with E-state index in [1.807, 2.05) is 0 Å². The topological polar surface area (TPSA) is 32.3 Å². The van der Waals surface area contributed by atoms with Gasteiger partial charge in [0.2, 0.25) is 0 Å². The number of aliphatic hydroxyl groups excluding tert-OH is 1. The van der Waals surface area contributed by atoms with Crippen LogP contribution in [0.5, 0.6) is 0 Å². The van der Waals surface area contributed by atoms with E-state index >= 15 is 0 Å². The molecule has 1 aliphatic rings. The summed E-state index contributed by atoms with van der Waals surface area (Å²) in [6.07, 6.45) is 4.11. The van der Waals surface area contributed by atoms with Crippen LogP contribution in [0.2, 0.25) is 0 Å². The van der Waals surface area contributed by atoms with Crippen LogP contribution in [0, 0.1) is 13.8 Å². The van der Waals surface area contributed by atoms with Crippen LogP contribution >= 0.6 is 15.9 Å². The molecule has 1 aromatic carbocycles. The Hall–Kier alpha value is -0.540. The quantitative estimate of drug-likeness (QED) is 0.871. The molecule has 0 unspecified atom stereocenters. The van der Waals surface area contributed by atoms with E-state index in [4.69, 9.17) is 0 Å². The average Bonchev–Trinajstić information content (AvgIpc) is 2.25. The smallest absolute Gasteiger partial charge is 0.0741 e. The third-order valence-electron chi connectivity index (χ3n) is 3.49. The first-order valence-electron chi connectivity index (χ1n) is 6.29. The number of nitrogens with one attached hydrogen (secondary N) is 1. The highest BCUT2D eigenvalue weighted by Gasteiger charge is 2.23. The van der Waals surface area contributed by atoms with Gasteiger partial charge in [-0.25, -0.2) is 0 Å². The lowest BCUT2D eigenvalue weighted by molar-refractivity contribution is 0.116. The minimum atomic E-state index is -0.212. The Morgan fingerprint density at radius 3 is 2.59 bits per heavy atom. The van der Waals surface area contributed by atoms with E-state index in [0.717, 1.165) is 29.4 Å². The van der Waals surface area contributed by atoms with Gasteiger partial charge in [0.05, 0.1) is 17.8 Å². The van der Waals surface area contributed by atoms with Crippen LogP contribution in [-0.2, 0) is 0 Å². The van der Waals surface area contributed by atoms with Gasteiger partial charge in [-0.1, -0.05) is 18.9 Å². The zero-order valence-corrected chi connectivity index (χ0v) is 12.0. The van der Waals surface area contributed by atoms with E-state index in [1.165, 1.54) is 17.5 Å². The molecule has 17 heavy (non-hydrogen) atoms. The van der Waals surface area contributed by atoms with Crippen molar-refractivity contribution in [3.05, 3.63) is 27.7 Å². The number of aliphatic hydroxyl groups is 1.